The smallest absolute Gasteiger partial charge is 0.180 e. The predicted molar refractivity (Wildman–Crippen MR) is 182 cm³/mol. The number of rotatable bonds is 3. The van der Waals surface area contributed by atoms with E-state index in [1.807, 2.05) is 60.7 Å². The van der Waals surface area contributed by atoms with E-state index in [0.29, 0.717) is 11.4 Å². The van der Waals surface area contributed by atoms with Gasteiger partial charge < -0.3 is 13.4 Å². The van der Waals surface area contributed by atoms with E-state index in [1.54, 1.807) is 0 Å². The molecule has 0 radical (unpaired) electrons. The minimum atomic E-state index is 0.653. The zero-order valence-electron chi connectivity index (χ0n) is 23.9. The molecule has 210 valence electrons. The van der Waals surface area contributed by atoms with E-state index in [-0.39, 0.29) is 0 Å². The number of hydrogen-bond acceptors (Lipinski definition) is 4. The van der Waals surface area contributed by atoms with Gasteiger partial charge in [0.1, 0.15) is 28.0 Å². The molecular formula is C40H23N3O2. The van der Waals surface area contributed by atoms with Crippen molar-refractivity contribution in [2.75, 3.05) is 0 Å². The van der Waals surface area contributed by atoms with Gasteiger partial charge in [0.2, 0.25) is 0 Å². The second-order valence-corrected chi connectivity index (χ2v) is 11.4. The number of nitrogens with zero attached hydrogens (tertiary/aromatic N) is 3. The van der Waals surface area contributed by atoms with E-state index >= 15 is 0 Å². The molecule has 0 fully saturated rings. The van der Waals surface area contributed by atoms with E-state index in [1.165, 1.54) is 21.8 Å². The summed E-state index contributed by atoms with van der Waals surface area (Å²) >= 11 is 0. The van der Waals surface area contributed by atoms with Crippen LogP contribution >= 0.6 is 0 Å². The number of benzene rings is 6. The maximum atomic E-state index is 6.49. The van der Waals surface area contributed by atoms with Crippen molar-refractivity contribution >= 4 is 65.8 Å². The van der Waals surface area contributed by atoms with Gasteiger partial charge >= 0.3 is 0 Å². The third-order valence-corrected chi connectivity index (χ3v) is 8.82. The minimum Gasteiger partial charge on any atom is -0.456 e. The molecule has 10 rings (SSSR count). The molecule has 0 aliphatic heterocycles. The minimum absolute atomic E-state index is 0.653. The molecule has 0 aliphatic carbocycles. The molecule has 0 amide bonds. The highest BCUT2D eigenvalue weighted by Gasteiger charge is 2.22. The highest BCUT2D eigenvalue weighted by molar-refractivity contribution is 6.17. The first-order valence-corrected chi connectivity index (χ1v) is 15.0. The van der Waals surface area contributed by atoms with Gasteiger partial charge in [-0.05, 0) is 48.5 Å². The van der Waals surface area contributed by atoms with Crippen molar-refractivity contribution in [1.82, 2.24) is 14.5 Å². The molecule has 0 unspecified atom stereocenters. The van der Waals surface area contributed by atoms with Crippen LogP contribution in [0.3, 0.4) is 0 Å². The average molecular weight is 578 g/mol. The van der Waals surface area contributed by atoms with Crippen LogP contribution in [0.15, 0.2) is 148 Å². The van der Waals surface area contributed by atoms with Gasteiger partial charge in [0.05, 0.1) is 11.0 Å². The summed E-state index contributed by atoms with van der Waals surface area (Å²) < 4.78 is 15.3. The van der Waals surface area contributed by atoms with Gasteiger partial charge in [0.15, 0.2) is 11.4 Å². The Bertz CT molecular complexity index is 2710. The standard InChI is InChI=1S/C40H23N3O2/c1-2-11-24(12-3-1)40-41-37-28-15-6-9-19-33(28)45-39(37)38(42-40)29-16-10-20-35-36(29)30-23-25(21-22-34(30)44-35)43-31-17-7-4-13-26(31)27-14-5-8-18-32(27)43/h1-23H. The van der Waals surface area contributed by atoms with E-state index in [2.05, 4.69) is 83.4 Å². The third kappa shape index (κ3) is 3.49. The predicted octanol–water partition coefficient (Wildman–Crippen LogP) is 10.7. The first kappa shape index (κ1) is 24.3. The van der Waals surface area contributed by atoms with Gasteiger partial charge in [-0.1, -0.05) is 91.0 Å². The maximum Gasteiger partial charge on any atom is 0.180 e. The largest absolute Gasteiger partial charge is 0.456 e. The van der Waals surface area contributed by atoms with Crippen LogP contribution in [0.1, 0.15) is 0 Å². The monoisotopic (exact) mass is 577 g/mol. The summed E-state index contributed by atoms with van der Waals surface area (Å²) in [5.74, 6) is 0.653. The molecule has 4 aromatic heterocycles. The Hall–Kier alpha value is -6.20. The van der Waals surface area contributed by atoms with Gasteiger partial charge in [0, 0.05) is 43.7 Å². The highest BCUT2D eigenvalue weighted by atomic mass is 16.3. The quantitative estimate of drug-likeness (QED) is 0.210. The summed E-state index contributed by atoms with van der Waals surface area (Å²) in [6.07, 6.45) is 0. The zero-order valence-corrected chi connectivity index (χ0v) is 23.9. The van der Waals surface area contributed by atoms with Gasteiger partial charge in [-0.25, -0.2) is 9.97 Å². The molecule has 10 aromatic rings. The van der Waals surface area contributed by atoms with Crippen LogP contribution < -0.4 is 0 Å². The number of aromatic nitrogens is 3. The Balaban J connectivity index is 1.29. The summed E-state index contributed by atoms with van der Waals surface area (Å²) in [6, 6.07) is 47.9. The van der Waals surface area contributed by atoms with Gasteiger partial charge in [-0.15, -0.1) is 0 Å². The molecule has 5 nitrogen and oxygen atoms in total. The summed E-state index contributed by atoms with van der Waals surface area (Å²) in [6.45, 7) is 0. The summed E-state index contributed by atoms with van der Waals surface area (Å²) in [4.78, 5) is 10.2. The Morgan fingerprint density at radius 3 is 1.96 bits per heavy atom. The van der Waals surface area contributed by atoms with E-state index < -0.39 is 0 Å². The second-order valence-electron chi connectivity index (χ2n) is 11.4. The van der Waals surface area contributed by atoms with E-state index in [9.17, 15) is 0 Å². The fourth-order valence-corrected chi connectivity index (χ4v) is 6.84. The Morgan fingerprint density at radius 1 is 0.489 bits per heavy atom. The molecule has 6 aromatic carbocycles. The van der Waals surface area contributed by atoms with E-state index in [4.69, 9.17) is 18.8 Å². The lowest BCUT2D eigenvalue weighted by Gasteiger charge is -2.09. The molecule has 0 saturated carbocycles. The molecule has 5 heteroatoms. The topological polar surface area (TPSA) is 57.0 Å². The van der Waals surface area contributed by atoms with Crippen LogP contribution in [-0.4, -0.2) is 14.5 Å². The van der Waals surface area contributed by atoms with Crippen LogP contribution in [0.5, 0.6) is 0 Å². The maximum absolute atomic E-state index is 6.49. The summed E-state index contributed by atoms with van der Waals surface area (Å²) in [5, 5.41) is 5.44. The lowest BCUT2D eigenvalue weighted by atomic mass is 10.0. The molecule has 0 spiro atoms. The van der Waals surface area contributed by atoms with Gasteiger partial charge in [-0.3, -0.25) is 0 Å². The fraction of sp³-hybridized carbons (Fsp3) is 0. The third-order valence-electron chi connectivity index (χ3n) is 8.82. The second kappa shape index (κ2) is 9.15. The molecule has 0 saturated heterocycles. The van der Waals surface area contributed by atoms with Crippen LogP contribution in [-0.2, 0) is 0 Å². The average Bonchev–Trinajstić information content (AvgIpc) is 3.77. The van der Waals surface area contributed by atoms with Crippen LogP contribution in [0, 0.1) is 0 Å². The lowest BCUT2D eigenvalue weighted by Crippen LogP contribution is -1.95. The van der Waals surface area contributed by atoms with Crippen molar-refractivity contribution in [3.8, 4) is 28.3 Å². The molecule has 0 atom stereocenters. The van der Waals surface area contributed by atoms with E-state index in [0.717, 1.165) is 60.9 Å². The zero-order chi connectivity index (χ0) is 29.5. The first-order valence-electron chi connectivity index (χ1n) is 15.0. The normalized spacial score (nSPS) is 12.0. The molecule has 45 heavy (non-hydrogen) atoms. The van der Waals surface area contributed by atoms with Crippen molar-refractivity contribution in [3.63, 3.8) is 0 Å². The van der Waals surface area contributed by atoms with Crippen LogP contribution in [0.2, 0.25) is 0 Å². The lowest BCUT2D eigenvalue weighted by molar-refractivity contribution is 0.667. The Labute approximate surface area is 256 Å². The van der Waals surface area contributed by atoms with Gasteiger partial charge in [-0.2, -0.15) is 0 Å². The number of hydrogen-bond donors (Lipinski definition) is 0. The Kier molecular flexibility index (Phi) is 4.93. The number of furan rings is 2. The summed E-state index contributed by atoms with van der Waals surface area (Å²) in [5.41, 5.74) is 9.89. The first-order chi connectivity index (χ1) is 22.3. The molecule has 0 aliphatic rings. The molecular weight excluding hydrogens is 554 g/mol. The van der Waals surface area contributed by atoms with Crippen molar-refractivity contribution in [1.29, 1.82) is 0 Å². The Morgan fingerprint density at radius 2 is 1.16 bits per heavy atom. The van der Waals surface area contributed by atoms with Crippen molar-refractivity contribution < 1.29 is 8.83 Å². The SMILES string of the molecule is c1ccc(-c2nc(-c3cccc4oc5ccc(-n6c7ccccc7c7ccccc76)cc5c34)c3oc4ccccc4c3n2)cc1. The van der Waals surface area contributed by atoms with Crippen LogP contribution in [0.25, 0.3) is 94.1 Å². The summed E-state index contributed by atoms with van der Waals surface area (Å²) in [7, 11) is 0. The number of fused-ring (bicyclic) bond motifs is 9. The fourth-order valence-electron chi connectivity index (χ4n) is 6.84. The number of para-hydroxylation sites is 3. The molecule has 0 N–H and O–H groups in total. The molecule has 0 bridgehead atoms. The van der Waals surface area contributed by atoms with Crippen molar-refractivity contribution in [2.45, 2.75) is 0 Å². The van der Waals surface area contributed by atoms with Crippen LogP contribution in [0.4, 0.5) is 0 Å². The molecule has 4 heterocycles. The van der Waals surface area contributed by atoms with Gasteiger partial charge in [0.25, 0.3) is 0 Å². The van der Waals surface area contributed by atoms with Crippen molar-refractivity contribution in [3.05, 3.63) is 140 Å². The van der Waals surface area contributed by atoms with Crippen molar-refractivity contribution in [2.24, 2.45) is 0 Å². The highest BCUT2D eigenvalue weighted by Crippen LogP contribution is 2.42.